The lowest BCUT2D eigenvalue weighted by Crippen LogP contribution is -2.27. The van der Waals surface area contributed by atoms with Crippen LogP contribution in [0.1, 0.15) is 55.8 Å². The smallest absolute Gasteiger partial charge is 0.255 e. The first-order valence-electron chi connectivity index (χ1n) is 6.93. The van der Waals surface area contributed by atoms with Gasteiger partial charge in [0.05, 0.1) is 0 Å². The molecule has 0 bridgehead atoms. The summed E-state index contributed by atoms with van der Waals surface area (Å²) >= 11 is 1.22. The standard InChI is InChI=1S/C13H22N4OS/c1-2-3-8-4-6-9(7-5-8)16-13-10(12(15)18)11(14)17-19-13/h8-9,16H,2-7H2,1H3,(H2,14,17)(H2,15,18). The number of nitrogens with two attached hydrogens (primary N) is 2. The van der Waals surface area contributed by atoms with Crippen LogP contribution in [0.5, 0.6) is 0 Å². The minimum atomic E-state index is -0.506. The number of primary amides is 1. The summed E-state index contributed by atoms with van der Waals surface area (Å²) in [6.07, 6.45) is 7.38. The van der Waals surface area contributed by atoms with Crippen molar-refractivity contribution in [2.45, 2.75) is 51.5 Å². The number of carbonyl (C=O) groups is 1. The van der Waals surface area contributed by atoms with Crippen molar-refractivity contribution in [2.24, 2.45) is 11.7 Å². The fourth-order valence-corrected chi connectivity index (χ4v) is 3.62. The summed E-state index contributed by atoms with van der Waals surface area (Å²) < 4.78 is 4.00. The summed E-state index contributed by atoms with van der Waals surface area (Å²) in [5, 5.41) is 4.12. The van der Waals surface area contributed by atoms with Crippen molar-refractivity contribution >= 4 is 28.3 Å². The molecule has 0 radical (unpaired) electrons. The summed E-state index contributed by atoms with van der Waals surface area (Å²) in [5.41, 5.74) is 11.3. The number of rotatable bonds is 5. The Morgan fingerprint density at radius 2 is 2.11 bits per heavy atom. The Bertz CT molecular complexity index is 438. The normalized spacial score (nSPS) is 23.2. The molecule has 1 aliphatic carbocycles. The first-order valence-corrected chi connectivity index (χ1v) is 7.70. The Hall–Kier alpha value is -1.30. The monoisotopic (exact) mass is 282 g/mol. The zero-order valence-corrected chi connectivity index (χ0v) is 12.1. The topological polar surface area (TPSA) is 94.0 Å². The summed E-state index contributed by atoms with van der Waals surface area (Å²) in [5.74, 6) is 0.596. The highest BCUT2D eigenvalue weighted by Crippen LogP contribution is 2.32. The molecule has 2 rings (SSSR count). The van der Waals surface area contributed by atoms with Gasteiger partial charge in [0.2, 0.25) is 0 Å². The molecule has 5 nitrogen and oxygen atoms in total. The van der Waals surface area contributed by atoms with E-state index in [2.05, 4.69) is 16.6 Å². The predicted octanol–water partition coefficient (Wildman–Crippen LogP) is 2.60. The number of nitrogens with zero attached hydrogens (tertiary/aromatic N) is 1. The molecular weight excluding hydrogens is 260 g/mol. The maximum absolute atomic E-state index is 11.4. The lowest BCUT2D eigenvalue weighted by Gasteiger charge is -2.29. The van der Waals surface area contributed by atoms with Gasteiger partial charge >= 0.3 is 0 Å². The minimum absolute atomic E-state index is 0.236. The SMILES string of the molecule is CCCC1CCC(Nc2snc(N)c2C(N)=O)CC1. The summed E-state index contributed by atoms with van der Waals surface area (Å²) in [6.45, 7) is 2.24. The van der Waals surface area contributed by atoms with E-state index in [1.807, 2.05) is 0 Å². The molecule has 1 aromatic rings. The molecule has 0 atom stereocenters. The number of aromatic nitrogens is 1. The quantitative estimate of drug-likeness (QED) is 0.773. The van der Waals surface area contributed by atoms with Crippen LogP contribution in [0.15, 0.2) is 0 Å². The zero-order valence-electron chi connectivity index (χ0n) is 11.3. The summed E-state index contributed by atoms with van der Waals surface area (Å²) in [7, 11) is 0. The Kier molecular flexibility index (Phi) is 4.63. The molecule has 0 unspecified atom stereocenters. The van der Waals surface area contributed by atoms with Crippen LogP contribution < -0.4 is 16.8 Å². The van der Waals surface area contributed by atoms with E-state index >= 15 is 0 Å². The molecular formula is C13H22N4OS. The number of nitrogen functional groups attached to an aromatic ring is 1. The maximum atomic E-state index is 11.4. The average Bonchev–Trinajstić information content (AvgIpc) is 2.73. The Morgan fingerprint density at radius 1 is 1.42 bits per heavy atom. The van der Waals surface area contributed by atoms with Gasteiger partial charge < -0.3 is 16.8 Å². The van der Waals surface area contributed by atoms with Crippen molar-refractivity contribution in [3.63, 3.8) is 0 Å². The molecule has 0 saturated heterocycles. The van der Waals surface area contributed by atoms with Crippen molar-refractivity contribution in [1.29, 1.82) is 0 Å². The molecule has 1 amide bonds. The third-order valence-electron chi connectivity index (χ3n) is 3.84. The highest BCUT2D eigenvalue weighted by Gasteiger charge is 2.23. The molecule has 19 heavy (non-hydrogen) atoms. The second-order valence-corrected chi connectivity index (χ2v) is 6.06. The highest BCUT2D eigenvalue weighted by atomic mass is 32.1. The Balaban J connectivity index is 1.94. The minimum Gasteiger partial charge on any atom is -0.382 e. The van der Waals surface area contributed by atoms with Crippen molar-refractivity contribution in [2.75, 3.05) is 11.1 Å². The van der Waals surface area contributed by atoms with Gasteiger partial charge in [-0.3, -0.25) is 4.79 Å². The van der Waals surface area contributed by atoms with Gasteiger partial charge in [0, 0.05) is 6.04 Å². The fraction of sp³-hybridized carbons (Fsp3) is 0.692. The molecule has 1 aliphatic rings. The second-order valence-electron chi connectivity index (χ2n) is 5.29. The van der Waals surface area contributed by atoms with Crippen molar-refractivity contribution in [1.82, 2.24) is 4.37 Å². The van der Waals surface area contributed by atoms with Crippen LogP contribution in [0.2, 0.25) is 0 Å². The van der Waals surface area contributed by atoms with Crippen LogP contribution in [0.3, 0.4) is 0 Å². The molecule has 106 valence electrons. The molecule has 6 heteroatoms. The molecule has 1 fully saturated rings. The molecule has 1 heterocycles. The average molecular weight is 282 g/mol. The molecule has 0 aromatic carbocycles. The van der Waals surface area contributed by atoms with Crippen LogP contribution in [0.4, 0.5) is 10.8 Å². The van der Waals surface area contributed by atoms with E-state index in [1.54, 1.807) is 0 Å². The summed E-state index contributed by atoms with van der Waals surface area (Å²) in [6, 6.07) is 0.408. The number of amides is 1. The number of carbonyl (C=O) groups excluding carboxylic acids is 1. The number of nitrogens with one attached hydrogen (secondary N) is 1. The van der Waals surface area contributed by atoms with E-state index in [9.17, 15) is 4.79 Å². The number of hydrogen-bond acceptors (Lipinski definition) is 5. The van der Waals surface area contributed by atoms with Gasteiger partial charge in [0.1, 0.15) is 10.6 Å². The van der Waals surface area contributed by atoms with Gasteiger partial charge in [-0.1, -0.05) is 19.8 Å². The lowest BCUT2D eigenvalue weighted by molar-refractivity contribution is 0.100. The van der Waals surface area contributed by atoms with Crippen LogP contribution in [0.25, 0.3) is 0 Å². The molecule has 0 spiro atoms. The molecule has 0 aliphatic heterocycles. The van der Waals surface area contributed by atoms with Crippen LogP contribution in [0, 0.1) is 5.92 Å². The predicted molar refractivity (Wildman–Crippen MR) is 79.3 cm³/mol. The largest absolute Gasteiger partial charge is 0.382 e. The van der Waals surface area contributed by atoms with Crippen LogP contribution in [-0.2, 0) is 0 Å². The van der Waals surface area contributed by atoms with Gasteiger partial charge in [-0.25, -0.2) is 0 Å². The fourth-order valence-electron chi connectivity index (χ4n) is 2.83. The van der Waals surface area contributed by atoms with Crippen LogP contribution in [-0.4, -0.2) is 16.3 Å². The van der Waals surface area contributed by atoms with E-state index < -0.39 is 5.91 Å². The third kappa shape index (κ3) is 3.37. The van der Waals surface area contributed by atoms with Crippen molar-refractivity contribution < 1.29 is 4.79 Å². The summed E-state index contributed by atoms with van der Waals surface area (Å²) in [4.78, 5) is 11.4. The van der Waals surface area contributed by atoms with Gasteiger partial charge in [-0.15, -0.1) is 0 Å². The first kappa shape index (κ1) is 14.1. The molecule has 1 aromatic heterocycles. The third-order valence-corrected chi connectivity index (χ3v) is 4.64. The van der Waals surface area contributed by atoms with E-state index in [1.165, 1.54) is 37.2 Å². The van der Waals surface area contributed by atoms with Crippen molar-refractivity contribution in [3.05, 3.63) is 5.56 Å². The van der Waals surface area contributed by atoms with Gasteiger partial charge in [-0.2, -0.15) is 4.37 Å². The first-order chi connectivity index (χ1) is 9.11. The second kappa shape index (κ2) is 6.23. The molecule has 5 N–H and O–H groups in total. The number of anilines is 2. The van der Waals surface area contributed by atoms with E-state index in [0.29, 0.717) is 11.6 Å². The van der Waals surface area contributed by atoms with Crippen molar-refractivity contribution in [3.8, 4) is 0 Å². The number of hydrogen-bond donors (Lipinski definition) is 3. The van der Waals surface area contributed by atoms with Gasteiger partial charge in [-0.05, 0) is 43.1 Å². The molecule has 1 saturated carbocycles. The van der Waals surface area contributed by atoms with E-state index in [-0.39, 0.29) is 5.82 Å². The van der Waals surface area contributed by atoms with Gasteiger partial charge in [0.25, 0.3) is 5.91 Å². The lowest BCUT2D eigenvalue weighted by atomic mass is 9.83. The Morgan fingerprint density at radius 3 is 2.68 bits per heavy atom. The zero-order chi connectivity index (χ0) is 13.8. The van der Waals surface area contributed by atoms with Gasteiger partial charge in [0.15, 0.2) is 5.82 Å². The van der Waals surface area contributed by atoms with Crippen LogP contribution >= 0.6 is 11.5 Å². The maximum Gasteiger partial charge on any atom is 0.255 e. The van der Waals surface area contributed by atoms with E-state index in [4.69, 9.17) is 11.5 Å². The highest BCUT2D eigenvalue weighted by molar-refractivity contribution is 7.11. The van der Waals surface area contributed by atoms with E-state index in [0.717, 1.165) is 23.8 Å². The Labute approximate surface area is 117 Å².